The Morgan fingerprint density at radius 2 is 1.13 bits per heavy atom. The third-order valence-electron chi connectivity index (χ3n) is 7.40. The van der Waals surface area contributed by atoms with Crippen LogP contribution in [-0.2, 0) is 56.0 Å². The normalized spacial score (nSPS) is 13.5. The average Bonchev–Trinajstić information content (AvgIpc) is 3.09. The topological polar surface area (TPSA) is 347 Å². The molecule has 0 heterocycles. The van der Waals surface area contributed by atoms with Gasteiger partial charge in [-0.1, -0.05) is 42.5 Å². The number of aliphatic carboxylic acids is 3. The molecular weight excluding hydrogens is 702 g/mol. The van der Waals surface area contributed by atoms with Crippen LogP contribution in [0.15, 0.2) is 54.6 Å². The first kappa shape index (κ1) is 42.6. The van der Waals surface area contributed by atoms with Crippen LogP contribution in [0.4, 0.5) is 0 Å². The molecule has 2 aromatic rings. The van der Waals surface area contributed by atoms with Gasteiger partial charge in [0.2, 0.25) is 35.4 Å². The Labute approximate surface area is 301 Å². The Kier molecular flexibility index (Phi) is 16.8. The van der Waals surface area contributed by atoms with Gasteiger partial charge in [-0.05, 0) is 29.7 Å². The van der Waals surface area contributed by atoms with Crippen molar-refractivity contribution in [2.45, 2.75) is 68.7 Å². The van der Waals surface area contributed by atoms with Crippen molar-refractivity contribution >= 4 is 53.4 Å². The number of aromatic hydroxyl groups is 1. The first-order valence-electron chi connectivity index (χ1n) is 15.9. The van der Waals surface area contributed by atoms with E-state index in [1.165, 1.54) is 24.3 Å². The van der Waals surface area contributed by atoms with Gasteiger partial charge in [-0.25, -0.2) is 4.79 Å². The second-order valence-electron chi connectivity index (χ2n) is 11.7. The van der Waals surface area contributed by atoms with E-state index in [4.69, 9.17) is 21.7 Å². The zero-order valence-electron chi connectivity index (χ0n) is 28.2. The van der Waals surface area contributed by atoms with E-state index in [9.17, 15) is 53.4 Å². The van der Waals surface area contributed by atoms with Crippen LogP contribution in [0.1, 0.15) is 36.8 Å². The molecule has 0 aliphatic rings. The highest BCUT2D eigenvalue weighted by molar-refractivity contribution is 5.97. The molecule has 286 valence electrons. The highest BCUT2D eigenvalue weighted by Crippen LogP contribution is 2.12. The van der Waals surface area contributed by atoms with Crippen molar-refractivity contribution in [3.63, 3.8) is 0 Å². The molecule has 0 bridgehead atoms. The average molecular weight is 744 g/mol. The van der Waals surface area contributed by atoms with Crippen molar-refractivity contribution in [1.82, 2.24) is 26.6 Å². The smallest absolute Gasteiger partial charge is 0.326 e. The van der Waals surface area contributed by atoms with Crippen molar-refractivity contribution in [3.8, 4) is 5.75 Å². The van der Waals surface area contributed by atoms with Gasteiger partial charge in [0, 0.05) is 19.3 Å². The summed E-state index contributed by atoms with van der Waals surface area (Å²) in [7, 11) is 0. The number of hydrogen-bond donors (Lipinski definition) is 11. The highest BCUT2D eigenvalue weighted by atomic mass is 16.4. The van der Waals surface area contributed by atoms with E-state index >= 15 is 0 Å². The Morgan fingerprint density at radius 1 is 0.604 bits per heavy atom. The summed E-state index contributed by atoms with van der Waals surface area (Å²) in [5, 5.41) is 48.4. The van der Waals surface area contributed by atoms with Gasteiger partial charge in [0.1, 0.15) is 29.9 Å². The predicted octanol–water partition coefficient (Wildman–Crippen LogP) is -3.14. The summed E-state index contributed by atoms with van der Waals surface area (Å²) in [6.45, 7) is -0.808. The van der Waals surface area contributed by atoms with E-state index in [0.29, 0.717) is 11.1 Å². The second kappa shape index (κ2) is 20.9. The fourth-order valence-electron chi connectivity index (χ4n) is 4.69. The molecule has 20 nitrogen and oxygen atoms in total. The van der Waals surface area contributed by atoms with Crippen molar-refractivity contribution in [1.29, 1.82) is 0 Å². The van der Waals surface area contributed by atoms with Crippen molar-refractivity contribution in [2.75, 3.05) is 6.54 Å². The van der Waals surface area contributed by atoms with E-state index < -0.39 is 109 Å². The van der Waals surface area contributed by atoms with Crippen LogP contribution in [-0.4, -0.2) is 111 Å². The predicted molar refractivity (Wildman–Crippen MR) is 181 cm³/mol. The largest absolute Gasteiger partial charge is 0.508 e. The van der Waals surface area contributed by atoms with Gasteiger partial charge in [0.05, 0.1) is 25.4 Å². The number of carboxylic acids is 3. The minimum atomic E-state index is -1.84. The molecule has 0 saturated carbocycles. The first-order chi connectivity index (χ1) is 24.9. The first-order valence-corrected chi connectivity index (χ1v) is 15.9. The molecule has 53 heavy (non-hydrogen) atoms. The fraction of sp³-hybridized carbons (Fsp3) is 0.364. The maximum absolute atomic E-state index is 13.7. The zero-order valence-corrected chi connectivity index (χ0v) is 28.2. The van der Waals surface area contributed by atoms with Gasteiger partial charge in [0.25, 0.3) is 0 Å². The van der Waals surface area contributed by atoms with Gasteiger partial charge in [-0.3, -0.25) is 38.4 Å². The van der Waals surface area contributed by atoms with Crippen LogP contribution >= 0.6 is 0 Å². The Morgan fingerprint density at radius 3 is 1.66 bits per heavy atom. The minimum absolute atomic E-state index is 0.101. The van der Waals surface area contributed by atoms with Gasteiger partial charge in [0.15, 0.2) is 0 Å². The molecule has 0 fully saturated rings. The van der Waals surface area contributed by atoms with Gasteiger partial charge in [-0.15, -0.1) is 0 Å². The number of phenols is 1. The van der Waals surface area contributed by atoms with E-state index in [-0.39, 0.29) is 25.0 Å². The Balaban J connectivity index is 2.27. The number of primary amides is 1. The molecule has 6 amide bonds. The fourth-order valence-corrected chi connectivity index (χ4v) is 4.69. The highest BCUT2D eigenvalue weighted by Gasteiger charge is 2.32. The molecule has 0 radical (unpaired) electrons. The lowest BCUT2D eigenvalue weighted by atomic mass is 10.0. The van der Waals surface area contributed by atoms with Crippen LogP contribution in [0.2, 0.25) is 0 Å². The third-order valence-corrected chi connectivity index (χ3v) is 7.40. The Bertz CT molecular complexity index is 1650. The van der Waals surface area contributed by atoms with Crippen LogP contribution in [0.5, 0.6) is 5.75 Å². The number of nitrogens with two attached hydrogens (primary N) is 2. The molecule has 0 unspecified atom stereocenters. The summed E-state index contributed by atoms with van der Waals surface area (Å²) in [6, 6.07) is 6.00. The molecule has 0 aromatic heterocycles. The van der Waals surface area contributed by atoms with Crippen LogP contribution in [0, 0.1) is 0 Å². The second-order valence-corrected chi connectivity index (χ2v) is 11.7. The number of phenolic OH excluding ortho intramolecular Hbond substituents is 1. The zero-order chi connectivity index (χ0) is 39.7. The van der Waals surface area contributed by atoms with Crippen LogP contribution < -0.4 is 38.1 Å². The summed E-state index contributed by atoms with van der Waals surface area (Å²) in [5.74, 6) is -10.4. The standard InChI is InChI=1S/C33H41N7O13/c34-20(10-11-27(44)45)29(48)38-23(14-25(35)42)30(49)36-16-26(43)37-21(13-18-6-8-19(41)9-7-18)31(50)39-22(12-17-4-2-1-3-5-17)32(51)40-24(33(52)53)15-28(46)47/h1-9,20-24,41H,10-16,34H2,(H2,35,42)(H,36,49)(H,37,43)(H,38,48)(H,39,50)(H,40,51)(H,44,45)(H,46,47)(H,52,53)/t20-,21-,22-,23-,24-/m0/s1. The molecule has 2 rings (SSSR count). The van der Waals surface area contributed by atoms with E-state index in [1.807, 2.05) is 0 Å². The summed E-state index contributed by atoms with van der Waals surface area (Å²) in [5.41, 5.74) is 11.8. The lowest BCUT2D eigenvalue weighted by Gasteiger charge is -2.25. The molecule has 2 aromatic carbocycles. The lowest BCUT2D eigenvalue weighted by molar-refractivity contribution is -0.147. The summed E-state index contributed by atoms with van der Waals surface area (Å²) >= 11 is 0. The molecule has 0 aliphatic carbocycles. The number of rotatable bonds is 22. The third kappa shape index (κ3) is 15.9. The summed E-state index contributed by atoms with van der Waals surface area (Å²) in [4.78, 5) is 111. The Hall–Kier alpha value is -6.57. The monoisotopic (exact) mass is 743 g/mol. The molecule has 13 N–H and O–H groups in total. The quantitative estimate of drug-likeness (QED) is 0.0568. The van der Waals surface area contributed by atoms with Crippen LogP contribution in [0.25, 0.3) is 0 Å². The van der Waals surface area contributed by atoms with Crippen LogP contribution in [0.3, 0.4) is 0 Å². The molecule has 0 spiro atoms. The number of carbonyl (C=O) groups excluding carboxylic acids is 6. The molecule has 20 heteroatoms. The van der Waals surface area contributed by atoms with Crippen molar-refractivity contribution in [3.05, 3.63) is 65.7 Å². The number of hydrogen-bond acceptors (Lipinski definition) is 11. The minimum Gasteiger partial charge on any atom is -0.508 e. The van der Waals surface area contributed by atoms with E-state index in [0.717, 1.165) is 0 Å². The van der Waals surface area contributed by atoms with Gasteiger partial charge >= 0.3 is 17.9 Å². The maximum atomic E-state index is 13.7. The van der Waals surface area contributed by atoms with Crippen molar-refractivity contribution in [2.24, 2.45) is 11.5 Å². The number of carbonyl (C=O) groups is 9. The number of benzene rings is 2. The SMILES string of the molecule is NC(=O)C[C@H](NC(=O)[C@@H](N)CCC(=O)O)C(=O)NCC(=O)N[C@@H](Cc1ccc(O)cc1)C(=O)N[C@@H](Cc1ccccc1)C(=O)N[C@@H](CC(=O)O)C(=O)O. The van der Waals surface area contributed by atoms with E-state index in [1.54, 1.807) is 30.3 Å². The number of nitrogens with one attached hydrogen (secondary N) is 5. The number of amides is 6. The van der Waals surface area contributed by atoms with Gasteiger partial charge in [-0.2, -0.15) is 0 Å². The molecular formula is C33H41N7O13. The molecule has 5 atom stereocenters. The van der Waals surface area contributed by atoms with Gasteiger partial charge < -0.3 is 58.5 Å². The summed E-state index contributed by atoms with van der Waals surface area (Å²) in [6.07, 6.45) is -2.81. The molecule has 0 aliphatic heterocycles. The maximum Gasteiger partial charge on any atom is 0.326 e. The number of carboxylic acid groups (broad SMARTS) is 3. The van der Waals surface area contributed by atoms with E-state index in [2.05, 4.69) is 26.6 Å². The lowest BCUT2D eigenvalue weighted by Crippen LogP contribution is -2.58. The summed E-state index contributed by atoms with van der Waals surface area (Å²) < 4.78 is 0. The van der Waals surface area contributed by atoms with Crippen molar-refractivity contribution < 1.29 is 63.6 Å². The molecule has 0 saturated heterocycles.